The molecule has 0 amide bonds. The van der Waals surface area contributed by atoms with Crippen LogP contribution < -0.4 is 4.74 Å². The van der Waals surface area contributed by atoms with E-state index in [0.717, 1.165) is 18.7 Å². The summed E-state index contributed by atoms with van der Waals surface area (Å²) in [5, 5.41) is 19.6. The number of phenols is 1. The fourth-order valence-electron chi connectivity index (χ4n) is 4.86. The highest BCUT2D eigenvalue weighted by atomic mass is 32.1. The van der Waals surface area contributed by atoms with Crippen molar-refractivity contribution >= 4 is 11.3 Å². The number of imidazole rings is 1. The average Bonchev–Trinajstić information content (AvgIpc) is 3.42. The molecule has 29 heavy (non-hydrogen) atoms. The molecular weight excluding hydrogens is 393 g/mol. The Bertz CT molecular complexity index is 1060. The molecule has 9 heteroatoms. The van der Waals surface area contributed by atoms with E-state index in [2.05, 4.69) is 27.0 Å². The van der Waals surface area contributed by atoms with E-state index in [1.165, 1.54) is 11.3 Å². The van der Waals surface area contributed by atoms with E-state index >= 15 is 4.39 Å². The molecular formula is C20H22FN5O2S. The summed E-state index contributed by atoms with van der Waals surface area (Å²) in [6.45, 7) is 4.82. The van der Waals surface area contributed by atoms with Gasteiger partial charge in [0, 0.05) is 30.4 Å². The summed E-state index contributed by atoms with van der Waals surface area (Å²) in [7, 11) is 1.97. The Morgan fingerprint density at radius 3 is 2.79 bits per heavy atom. The van der Waals surface area contributed by atoms with Gasteiger partial charge in [-0.1, -0.05) is 23.4 Å². The number of aromatic hydroxyl groups is 1. The lowest BCUT2D eigenvalue weighted by molar-refractivity contribution is -0.0389. The fraction of sp³-hybridized carbons (Fsp3) is 0.450. The number of ether oxygens (including phenoxy) is 1. The highest BCUT2D eigenvalue weighted by molar-refractivity contribution is 7.16. The minimum Gasteiger partial charge on any atom is -0.507 e. The van der Waals surface area contributed by atoms with Crippen LogP contribution in [0.25, 0.3) is 16.3 Å². The molecule has 1 N–H and O–H groups in total. The highest BCUT2D eigenvalue weighted by Crippen LogP contribution is 2.56. The van der Waals surface area contributed by atoms with Crippen LogP contribution in [0.1, 0.15) is 20.3 Å². The van der Waals surface area contributed by atoms with Crippen LogP contribution in [0.5, 0.6) is 10.9 Å². The van der Waals surface area contributed by atoms with Crippen molar-refractivity contribution in [3.63, 3.8) is 0 Å². The molecule has 7 nitrogen and oxygen atoms in total. The van der Waals surface area contributed by atoms with Gasteiger partial charge in [0.2, 0.25) is 0 Å². The van der Waals surface area contributed by atoms with Crippen LogP contribution in [0.15, 0.2) is 36.9 Å². The molecule has 0 unspecified atom stereocenters. The normalized spacial score (nSPS) is 31.4. The monoisotopic (exact) mass is 415 g/mol. The maximum absolute atomic E-state index is 15.2. The molecule has 3 aromatic rings. The Balaban J connectivity index is 1.38. The van der Waals surface area contributed by atoms with Crippen molar-refractivity contribution in [1.29, 1.82) is 0 Å². The third kappa shape index (κ3) is 2.75. The molecule has 1 aliphatic heterocycles. The lowest BCUT2D eigenvalue weighted by Gasteiger charge is -2.41. The average molecular weight is 415 g/mol. The highest BCUT2D eigenvalue weighted by Gasteiger charge is 2.66. The Morgan fingerprint density at radius 1 is 1.31 bits per heavy atom. The number of phenolic OH excluding ortho intramolecular Hbond substituents is 1. The quantitative estimate of drug-likeness (QED) is 0.705. The summed E-state index contributed by atoms with van der Waals surface area (Å²) in [5.74, 6) is 0.0864. The van der Waals surface area contributed by atoms with E-state index in [9.17, 15) is 5.11 Å². The van der Waals surface area contributed by atoms with Gasteiger partial charge in [0.05, 0.1) is 23.1 Å². The van der Waals surface area contributed by atoms with Gasteiger partial charge in [-0.25, -0.2) is 9.37 Å². The van der Waals surface area contributed by atoms with Gasteiger partial charge in [0.1, 0.15) is 11.9 Å². The van der Waals surface area contributed by atoms with Crippen LogP contribution in [0.2, 0.25) is 0 Å². The summed E-state index contributed by atoms with van der Waals surface area (Å²) in [6, 6.07) is 5.29. The largest absolute Gasteiger partial charge is 0.507 e. The molecule has 1 aliphatic carbocycles. The molecule has 0 spiro atoms. The molecule has 4 atom stereocenters. The van der Waals surface area contributed by atoms with E-state index in [0.29, 0.717) is 15.8 Å². The summed E-state index contributed by atoms with van der Waals surface area (Å²) in [5.41, 5.74) is 0.582. The zero-order valence-electron chi connectivity index (χ0n) is 16.4. The lowest BCUT2D eigenvalue weighted by atomic mass is 9.87. The molecule has 2 bridgehead atoms. The smallest absolute Gasteiger partial charge is 0.294 e. The number of likely N-dealkylation sites (tertiary alicyclic amines) is 1. The second kappa shape index (κ2) is 6.24. The molecule has 2 fully saturated rings. The Hall–Kier alpha value is -2.52. The molecule has 152 valence electrons. The Morgan fingerprint density at radius 2 is 2.14 bits per heavy atom. The van der Waals surface area contributed by atoms with Gasteiger partial charge in [0.25, 0.3) is 5.19 Å². The van der Waals surface area contributed by atoms with Crippen LogP contribution in [0.3, 0.4) is 0 Å². The third-order valence-electron chi connectivity index (χ3n) is 6.43. The van der Waals surface area contributed by atoms with Gasteiger partial charge in [-0.3, -0.25) is 4.90 Å². The summed E-state index contributed by atoms with van der Waals surface area (Å²) in [6.07, 6.45) is 4.23. The van der Waals surface area contributed by atoms with Crippen molar-refractivity contribution in [2.45, 2.75) is 38.1 Å². The van der Waals surface area contributed by atoms with Crippen LogP contribution in [0.4, 0.5) is 4.39 Å². The van der Waals surface area contributed by atoms with E-state index in [-0.39, 0.29) is 11.2 Å². The SMILES string of the molecule is CN1C[C@@]2(C)C[C@]1(C)[C@H](F)[C@@H]2Oc1nnc(-c2ccc(-n3ccnc3)cc2O)s1. The molecule has 3 heterocycles. The van der Waals surface area contributed by atoms with Crippen LogP contribution in [-0.4, -0.2) is 61.2 Å². The van der Waals surface area contributed by atoms with E-state index in [1.54, 1.807) is 35.4 Å². The number of hydrogen-bond acceptors (Lipinski definition) is 7. The molecule has 5 rings (SSSR count). The Kier molecular flexibility index (Phi) is 3.98. The third-order valence-corrected chi connectivity index (χ3v) is 7.27. The number of piperidine rings is 1. The minimum absolute atomic E-state index is 0.0864. The topological polar surface area (TPSA) is 76.3 Å². The maximum atomic E-state index is 15.2. The number of alkyl halides is 1. The Labute approximate surface area is 171 Å². The molecule has 1 saturated heterocycles. The standard InChI is InChI=1S/C20H22FN5O2S/c1-19-9-20(2,25(3)10-19)15(21)16(19)28-18-24-23-17(29-18)13-5-4-12(8-14(13)27)26-7-6-22-11-26/h4-8,11,15-16,27H,9-10H2,1-3H3/t15-,16+,19-,20-/m1/s1. The maximum Gasteiger partial charge on any atom is 0.294 e. The summed E-state index contributed by atoms with van der Waals surface area (Å²) in [4.78, 5) is 6.10. The zero-order chi connectivity index (χ0) is 20.4. The number of benzene rings is 1. The van der Waals surface area contributed by atoms with Crippen LogP contribution >= 0.6 is 11.3 Å². The van der Waals surface area contributed by atoms with E-state index in [4.69, 9.17) is 4.74 Å². The van der Waals surface area contributed by atoms with Crippen molar-refractivity contribution in [3.8, 4) is 27.2 Å². The molecule has 1 aromatic carbocycles. The number of hydrogen-bond donors (Lipinski definition) is 1. The predicted molar refractivity (Wildman–Crippen MR) is 107 cm³/mol. The van der Waals surface area contributed by atoms with Crippen molar-refractivity contribution in [2.75, 3.05) is 13.6 Å². The second-order valence-electron chi connectivity index (χ2n) is 8.53. The van der Waals surface area contributed by atoms with Gasteiger partial charge in [-0.05, 0) is 32.5 Å². The first kappa shape index (κ1) is 18.5. The summed E-state index contributed by atoms with van der Waals surface area (Å²) < 4.78 is 23.0. The number of rotatable bonds is 4. The molecule has 1 saturated carbocycles. The van der Waals surface area contributed by atoms with Crippen LogP contribution in [-0.2, 0) is 0 Å². The van der Waals surface area contributed by atoms with Crippen molar-refractivity contribution in [3.05, 3.63) is 36.9 Å². The van der Waals surface area contributed by atoms with Crippen molar-refractivity contribution < 1.29 is 14.2 Å². The zero-order valence-corrected chi connectivity index (χ0v) is 17.2. The number of fused-ring (bicyclic) bond motifs is 2. The molecule has 2 aromatic heterocycles. The minimum atomic E-state index is -1.10. The molecule has 2 aliphatic rings. The molecule has 0 radical (unpaired) electrons. The fourth-order valence-corrected chi connectivity index (χ4v) is 5.62. The lowest BCUT2D eigenvalue weighted by Crippen LogP contribution is -2.56. The first-order valence-electron chi connectivity index (χ1n) is 9.47. The van der Waals surface area contributed by atoms with Gasteiger partial charge in [-0.15, -0.1) is 5.10 Å². The number of halogens is 1. The van der Waals surface area contributed by atoms with E-state index < -0.39 is 17.8 Å². The number of aromatic nitrogens is 4. The van der Waals surface area contributed by atoms with Crippen LogP contribution in [0, 0.1) is 5.41 Å². The predicted octanol–water partition coefficient (Wildman–Crippen LogP) is 3.30. The van der Waals surface area contributed by atoms with E-state index in [1.807, 2.05) is 20.0 Å². The first-order chi connectivity index (χ1) is 13.8. The number of nitrogens with zero attached hydrogens (tertiary/aromatic N) is 5. The van der Waals surface area contributed by atoms with Gasteiger partial charge in [-0.2, -0.15) is 0 Å². The summed E-state index contributed by atoms with van der Waals surface area (Å²) >= 11 is 1.21. The first-order valence-corrected chi connectivity index (χ1v) is 10.3. The second-order valence-corrected chi connectivity index (χ2v) is 9.47. The van der Waals surface area contributed by atoms with Crippen molar-refractivity contribution in [1.82, 2.24) is 24.6 Å². The van der Waals surface area contributed by atoms with Gasteiger partial charge < -0.3 is 14.4 Å². The van der Waals surface area contributed by atoms with Gasteiger partial charge in [0.15, 0.2) is 11.2 Å². The van der Waals surface area contributed by atoms with Gasteiger partial charge >= 0.3 is 0 Å². The van der Waals surface area contributed by atoms with Crippen molar-refractivity contribution in [2.24, 2.45) is 5.41 Å².